The highest BCUT2D eigenvalue weighted by Gasteiger charge is 2.08. The van der Waals surface area contributed by atoms with Crippen LogP contribution in [-0.2, 0) is 0 Å². The van der Waals surface area contributed by atoms with Gasteiger partial charge in [-0.25, -0.2) is 0 Å². The number of nitrogens with two attached hydrogens (primary N) is 1. The highest BCUT2D eigenvalue weighted by atomic mass is 16.5. The fourth-order valence-corrected chi connectivity index (χ4v) is 1.28. The first-order valence-electron chi connectivity index (χ1n) is 4.21. The topological polar surface area (TPSA) is 55.5 Å². The van der Waals surface area contributed by atoms with E-state index in [2.05, 4.69) is 0 Å². The van der Waals surface area contributed by atoms with Gasteiger partial charge in [0.15, 0.2) is 0 Å². The van der Waals surface area contributed by atoms with Crippen LogP contribution in [0, 0.1) is 6.92 Å². The average Bonchev–Trinajstić information content (AvgIpc) is 2.16. The molecular weight excluding hydrogens is 166 g/mol. The predicted molar refractivity (Wildman–Crippen MR) is 51.7 cm³/mol. The van der Waals surface area contributed by atoms with E-state index in [1.807, 2.05) is 25.1 Å². The minimum atomic E-state index is -0.578. The van der Waals surface area contributed by atoms with Crippen molar-refractivity contribution in [3.05, 3.63) is 29.3 Å². The van der Waals surface area contributed by atoms with Gasteiger partial charge in [0, 0.05) is 6.54 Å². The Morgan fingerprint density at radius 2 is 2.23 bits per heavy atom. The summed E-state index contributed by atoms with van der Waals surface area (Å²) in [6.45, 7) is 2.17. The molecule has 3 N–H and O–H groups in total. The molecule has 0 saturated carbocycles. The fourth-order valence-electron chi connectivity index (χ4n) is 1.28. The number of aliphatic hydroxyl groups excluding tert-OH is 1. The molecule has 1 atom stereocenters. The van der Waals surface area contributed by atoms with Crippen molar-refractivity contribution in [2.45, 2.75) is 13.0 Å². The zero-order valence-electron chi connectivity index (χ0n) is 7.95. The van der Waals surface area contributed by atoms with Crippen molar-refractivity contribution in [3.63, 3.8) is 0 Å². The summed E-state index contributed by atoms with van der Waals surface area (Å²) in [6.07, 6.45) is -0.578. The second-order valence-corrected chi connectivity index (χ2v) is 2.97. The summed E-state index contributed by atoms with van der Waals surface area (Å²) in [4.78, 5) is 0. The molecule has 1 rings (SSSR count). The number of ether oxygens (including phenoxy) is 1. The minimum Gasteiger partial charge on any atom is -0.497 e. The lowest BCUT2D eigenvalue weighted by Crippen LogP contribution is -2.12. The van der Waals surface area contributed by atoms with Crippen LogP contribution < -0.4 is 10.5 Å². The average molecular weight is 181 g/mol. The van der Waals surface area contributed by atoms with Crippen LogP contribution in [0.25, 0.3) is 0 Å². The van der Waals surface area contributed by atoms with Gasteiger partial charge in [-0.2, -0.15) is 0 Å². The first kappa shape index (κ1) is 10.0. The lowest BCUT2D eigenvalue weighted by atomic mass is 10.0. The van der Waals surface area contributed by atoms with Crippen LogP contribution in [0.4, 0.5) is 0 Å². The molecule has 1 aromatic carbocycles. The van der Waals surface area contributed by atoms with E-state index in [1.165, 1.54) is 0 Å². The molecule has 1 aromatic rings. The Morgan fingerprint density at radius 3 is 2.69 bits per heavy atom. The van der Waals surface area contributed by atoms with E-state index in [-0.39, 0.29) is 6.54 Å². The molecule has 0 fully saturated rings. The molecule has 3 heteroatoms. The van der Waals surface area contributed by atoms with E-state index in [4.69, 9.17) is 10.5 Å². The maximum atomic E-state index is 9.51. The summed E-state index contributed by atoms with van der Waals surface area (Å²) in [5, 5.41) is 9.51. The van der Waals surface area contributed by atoms with E-state index in [1.54, 1.807) is 7.11 Å². The van der Waals surface area contributed by atoms with Crippen LogP contribution in [-0.4, -0.2) is 18.8 Å². The van der Waals surface area contributed by atoms with Gasteiger partial charge in [-0.3, -0.25) is 0 Å². The van der Waals surface area contributed by atoms with Crippen LogP contribution in [0.2, 0.25) is 0 Å². The van der Waals surface area contributed by atoms with Crippen molar-refractivity contribution >= 4 is 0 Å². The predicted octanol–water partition coefficient (Wildman–Crippen LogP) is 0.996. The fraction of sp³-hybridized carbons (Fsp3) is 0.400. The van der Waals surface area contributed by atoms with Crippen LogP contribution in [0.5, 0.6) is 5.75 Å². The lowest BCUT2D eigenvalue weighted by molar-refractivity contribution is 0.186. The van der Waals surface area contributed by atoms with Gasteiger partial charge in [-0.15, -0.1) is 0 Å². The van der Waals surface area contributed by atoms with E-state index in [9.17, 15) is 5.11 Å². The second kappa shape index (κ2) is 4.25. The maximum Gasteiger partial charge on any atom is 0.119 e. The van der Waals surface area contributed by atoms with Crippen molar-refractivity contribution < 1.29 is 9.84 Å². The maximum absolute atomic E-state index is 9.51. The molecule has 0 aliphatic rings. The van der Waals surface area contributed by atoms with Crippen LogP contribution >= 0.6 is 0 Å². The van der Waals surface area contributed by atoms with E-state index >= 15 is 0 Å². The Bertz CT molecular complexity index is 286. The standard InChI is InChI=1S/C10H15NO2/c1-7-5-8(13-2)3-4-9(7)10(12)6-11/h3-5,10,12H,6,11H2,1-2H3/t10-/m0/s1. The SMILES string of the molecule is COc1ccc([C@@H](O)CN)c(C)c1. The molecule has 0 aliphatic carbocycles. The summed E-state index contributed by atoms with van der Waals surface area (Å²) in [6, 6.07) is 5.54. The van der Waals surface area contributed by atoms with Gasteiger partial charge < -0.3 is 15.6 Å². The Labute approximate surface area is 78.1 Å². The number of hydrogen-bond donors (Lipinski definition) is 2. The number of benzene rings is 1. The number of aliphatic hydroxyl groups is 1. The molecule has 0 unspecified atom stereocenters. The Balaban J connectivity index is 2.98. The van der Waals surface area contributed by atoms with Gasteiger partial charge in [0.1, 0.15) is 5.75 Å². The Hall–Kier alpha value is -1.06. The van der Waals surface area contributed by atoms with Gasteiger partial charge in [0.05, 0.1) is 13.2 Å². The molecular formula is C10H15NO2. The Morgan fingerprint density at radius 1 is 1.54 bits per heavy atom. The Kier molecular flexibility index (Phi) is 3.28. The zero-order chi connectivity index (χ0) is 9.84. The third kappa shape index (κ3) is 2.20. The van der Waals surface area contributed by atoms with Crippen molar-refractivity contribution in [2.24, 2.45) is 5.73 Å². The molecule has 0 bridgehead atoms. The van der Waals surface area contributed by atoms with Crippen LogP contribution in [0.3, 0.4) is 0 Å². The highest BCUT2D eigenvalue weighted by molar-refractivity contribution is 5.36. The van der Waals surface area contributed by atoms with Crippen molar-refractivity contribution in [1.29, 1.82) is 0 Å². The number of methoxy groups -OCH3 is 1. The van der Waals surface area contributed by atoms with E-state index < -0.39 is 6.10 Å². The largest absolute Gasteiger partial charge is 0.497 e. The zero-order valence-corrected chi connectivity index (χ0v) is 7.95. The van der Waals surface area contributed by atoms with Gasteiger partial charge in [-0.1, -0.05) is 6.07 Å². The summed E-state index contributed by atoms with van der Waals surface area (Å²) in [5.74, 6) is 0.797. The van der Waals surface area contributed by atoms with Gasteiger partial charge >= 0.3 is 0 Å². The van der Waals surface area contributed by atoms with E-state index in [0.29, 0.717) is 0 Å². The molecule has 0 spiro atoms. The highest BCUT2D eigenvalue weighted by Crippen LogP contribution is 2.21. The smallest absolute Gasteiger partial charge is 0.119 e. The third-order valence-corrected chi connectivity index (χ3v) is 2.06. The third-order valence-electron chi connectivity index (χ3n) is 2.06. The molecule has 0 aromatic heterocycles. The quantitative estimate of drug-likeness (QED) is 0.731. The summed E-state index contributed by atoms with van der Waals surface area (Å²) in [5.41, 5.74) is 7.22. The van der Waals surface area contributed by atoms with Crippen LogP contribution in [0.1, 0.15) is 17.2 Å². The summed E-state index contributed by atoms with van der Waals surface area (Å²) < 4.78 is 5.05. The first-order chi connectivity index (χ1) is 6.19. The summed E-state index contributed by atoms with van der Waals surface area (Å²) in [7, 11) is 1.62. The van der Waals surface area contributed by atoms with Crippen molar-refractivity contribution in [2.75, 3.05) is 13.7 Å². The molecule has 0 heterocycles. The van der Waals surface area contributed by atoms with Gasteiger partial charge in [0.25, 0.3) is 0 Å². The first-order valence-corrected chi connectivity index (χ1v) is 4.21. The minimum absolute atomic E-state index is 0.243. The molecule has 3 nitrogen and oxygen atoms in total. The molecule has 0 radical (unpaired) electrons. The molecule has 13 heavy (non-hydrogen) atoms. The van der Waals surface area contributed by atoms with Gasteiger partial charge in [-0.05, 0) is 30.2 Å². The number of rotatable bonds is 3. The van der Waals surface area contributed by atoms with Gasteiger partial charge in [0.2, 0.25) is 0 Å². The number of aryl methyl sites for hydroxylation is 1. The van der Waals surface area contributed by atoms with Crippen molar-refractivity contribution in [1.82, 2.24) is 0 Å². The van der Waals surface area contributed by atoms with Crippen molar-refractivity contribution in [3.8, 4) is 5.75 Å². The number of hydrogen-bond acceptors (Lipinski definition) is 3. The molecule has 0 aliphatic heterocycles. The van der Waals surface area contributed by atoms with E-state index in [0.717, 1.165) is 16.9 Å². The molecule has 0 saturated heterocycles. The normalized spacial score (nSPS) is 12.6. The summed E-state index contributed by atoms with van der Waals surface area (Å²) >= 11 is 0. The monoisotopic (exact) mass is 181 g/mol. The molecule has 0 amide bonds. The second-order valence-electron chi connectivity index (χ2n) is 2.97. The molecule has 72 valence electrons. The van der Waals surface area contributed by atoms with Crippen LogP contribution in [0.15, 0.2) is 18.2 Å². The lowest BCUT2D eigenvalue weighted by Gasteiger charge is -2.12.